The zero-order chi connectivity index (χ0) is 54.1. The lowest BCUT2D eigenvalue weighted by Crippen LogP contribution is -2.19. The van der Waals surface area contributed by atoms with Crippen LogP contribution >= 0.6 is 0 Å². The molecule has 0 radical (unpaired) electrons. The van der Waals surface area contributed by atoms with Crippen LogP contribution in [0, 0.1) is 0 Å². The molecule has 0 bridgehead atoms. The lowest BCUT2D eigenvalue weighted by atomic mass is 10.1. The maximum absolute atomic E-state index is 11.8. The molecular weight excluding hydrogens is 980 g/mol. The molecule has 0 aromatic carbocycles. The summed E-state index contributed by atoms with van der Waals surface area (Å²) in [6, 6.07) is 6.22. The van der Waals surface area contributed by atoms with Crippen LogP contribution in [-0.2, 0) is 0 Å². The van der Waals surface area contributed by atoms with E-state index in [4.69, 9.17) is 9.47 Å². The van der Waals surface area contributed by atoms with E-state index >= 15 is 0 Å². The van der Waals surface area contributed by atoms with Crippen LogP contribution in [-0.4, -0.2) is 91.4 Å². The van der Waals surface area contributed by atoms with Crippen LogP contribution in [0.25, 0.3) is 0 Å². The zero-order valence-electron chi connectivity index (χ0n) is 40.1. The Kier molecular flexibility index (Phi) is 26.8. The van der Waals surface area contributed by atoms with E-state index < -0.39 is 57.3 Å². The van der Waals surface area contributed by atoms with Crippen molar-refractivity contribution in [2.75, 3.05) is 19.8 Å². The molecule has 0 aliphatic rings. The van der Waals surface area contributed by atoms with Gasteiger partial charge in [0.05, 0.1) is 49.6 Å². The van der Waals surface area contributed by atoms with Crippen molar-refractivity contribution in [1.29, 1.82) is 0 Å². The molecule has 0 N–H and O–H groups in total. The first-order valence-electron chi connectivity index (χ1n) is 21.2. The summed E-state index contributed by atoms with van der Waals surface area (Å²) in [5.74, 6) is 2.69. The number of pyridine rings is 2. The highest BCUT2D eigenvalue weighted by molar-refractivity contribution is 5.22. The number of aromatic nitrogens is 8. The summed E-state index contributed by atoms with van der Waals surface area (Å²) < 4.78 is 174. The minimum absolute atomic E-state index is 0.0247. The van der Waals surface area contributed by atoms with E-state index in [-0.39, 0.29) is 40.9 Å². The van der Waals surface area contributed by atoms with E-state index in [0.29, 0.717) is 29.1 Å². The molecular formula is C45H55F13N8O5. The molecule has 5 heterocycles. The quantitative estimate of drug-likeness (QED) is 0.0916. The Bertz CT molecular complexity index is 2040. The Morgan fingerprint density at radius 1 is 0.366 bits per heavy atom. The molecule has 0 saturated carbocycles. The molecule has 396 valence electrons. The second-order valence-electron chi connectivity index (χ2n) is 15.8. The van der Waals surface area contributed by atoms with Gasteiger partial charge in [-0.1, -0.05) is 69.2 Å². The fraction of sp³-hybridized carbons (Fsp3) is 0.511. The predicted molar refractivity (Wildman–Crippen MR) is 233 cm³/mol. The number of nitrogens with zero attached hydrogens (tertiary/aromatic N) is 8. The molecule has 13 nitrogen and oxygen atoms in total. The summed E-state index contributed by atoms with van der Waals surface area (Å²) >= 11 is 0. The average Bonchev–Trinajstić information content (AvgIpc) is 3.27. The molecule has 5 aromatic heterocycles. The topological polar surface area (TPSA) is 149 Å². The van der Waals surface area contributed by atoms with Crippen LogP contribution < -0.4 is 23.7 Å². The molecule has 0 aliphatic carbocycles. The van der Waals surface area contributed by atoms with Gasteiger partial charge in [0.15, 0.2) is 23.9 Å². The molecule has 0 fully saturated rings. The van der Waals surface area contributed by atoms with Gasteiger partial charge in [-0.25, -0.2) is 47.5 Å². The minimum Gasteiger partial charge on any atom is -0.486 e. The molecule has 0 amide bonds. The molecule has 26 heteroatoms. The van der Waals surface area contributed by atoms with E-state index in [9.17, 15) is 57.1 Å². The van der Waals surface area contributed by atoms with Crippen molar-refractivity contribution in [2.24, 2.45) is 0 Å². The van der Waals surface area contributed by atoms with E-state index in [1.807, 2.05) is 69.2 Å². The normalized spacial score (nSPS) is 11.5. The largest absolute Gasteiger partial charge is 0.573 e. The third-order valence-corrected chi connectivity index (χ3v) is 7.82. The summed E-state index contributed by atoms with van der Waals surface area (Å²) in [6.07, 6.45) is -8.73. The molecule has 0 unspecified atom stereocenters. The van der Waals surface area contributed by atoms with Gasteiger partial charge >= 0.3 is 18.9 Å². The van der Waals surface area contributed by atoms with Crippen molar-refractivity contribution in [1.82, 2.24) is 39.9 Å². The van der Waals surface area contributed by atoms with Crippen LogP contribution in [0.1, 0.15) is 128 Å². The van der Waals surface area contributed by atoms with Gasteiger partial charge in [-0.3, -0.25) is 9.97 Å². The fourth-order valence-corrected chi connectivity index (χ4v) is 4.44. The Morgan fingerprint density at radius 3 is 0.944 bits per heavy atom. The maximum atomic E-state index is 11.8. The van der Waals surface area contributed by atoms with Gasteiger partial charge < -0.3 is 23.7 Å². The molecule has 0 spiro atoms. The molecule has 5 aromatic rings. The Morgan fingerprint density at radius 2 is 0.662 bits per heavy atom. The smallest absolute Gasteiger partial charge is 0.486 e. The van der Waals surface area contributed by atoms with Crippen molar-refractivity contribution in [3.05, 3.63) is 103 Å². The highest BCUT2D eigenvalue weighted by Crippen LogP contribution is 2.24. The lowest BCUT2D eigenvalue weighted by molar-refractivity contribution is -0.275. The van der Waals surface area contributed by atoms with Crippen molar-refractivity contribution < 1.29 is 80.8 Å². The monoisotopic (exact) mass is 1030 g/mol. The first kappa shape index (κ1) is 62.6. The Balaban J connectivity index is 0.000000444. The Labute approximate surface area is 402 Å². The third-order valence-electron chi connectivity index (χ3n) is 7.82. The van der Waals surface area contributed by atoms with E-state index in [1.165, 1.54) is 43.1 Å². The molecule has 0 saturated heterocycles. The van der Waals surface area contributed by atoms with Gasteiger partial charge in [0.1, 0.15) is 42.2 Å². The molecule has 0 aliphatic heterocycles. The number of ether oxygens (including phenoxy) is 5. The standard InChI is InChI=1S/C10H13F2NO.C9H11F3N2O.C9H10F3NO.C9H12F2N2O.C8H9F3N2O/c1-7(2)9-4-3-8(5-13-9)14-6-10(11)12;1-6(2)8-13-3-7(4-14-8)15-5-9(10,11)12;1-6(2)8-4-3-7(5-13-8)14-9(10,11)12;1-6(2)9-12-3-7(4-13-9)14-5-8(10)11;1-5(2)7-12-3-6(4-13-7)14-8(9,10)11/h3-5,7,10H,6H2,1-2H3;3-4,6H,5H2,1-2H3;3-6H,1-2H3;3-4,6,8H,5H2,1-2H3;3-5H,1-2H3. The third kappa shape index (κ3) is 30.1. The number of rotatable bonds is 15. The first-order chi connectivity index (χ1) is 32.8. The summed E-state index contributed by atoms with van der Waals surface area (Å²) in [5.41, 5.74) is 1.66. The second kappa shape index (κ2) is 30.4. The first-order valence-corrected chi connectivity index (χ1v) is 21.2. The number of alkyl halides is 13. The second-order valence-corrected chi connectivity index (χ2v) is 15.8. The Hall–Kier alpha value is -6.37. The van der Waals surface area contributed by atoms with Crippen LogP contribution in [0.5, 0.6) is 28.7 Å². The fourth-order valence-electron chi connectivity index (χ4n) is 4.44. The lowest BCUT2D eigenvalue weighted by Gasteiger charge is -2.09. The van der Waals surface area contributed by atoms with E-state index in [0.717, 1.165) is 30.0 Å². The van der Waals surface area contributed by atoms with Gasteiger partial charge in [0, 0.05) is 29.1 Å². The van der Waals surface area contributed by atoms with Crippen molar-refractivity contribution in [3.63, 3.8) is 0 Å². The van der Waals surface area contributed by atoms with Gasteiger partial charge in [-0.05, 0) is 36.1 Å². The van der Waals surface area contributed by atoms with Crippen molar-refractivity contribution in [2.45, 2.75) is 131 Å². The van der Waals surface area contributed by atoms with Crippen LogP contribution in [0.4, 0.5) is 57.1 Å². The van der Waals surface area contributed by atoms with Crippen LogP contribution in [0.15, 0.2) is 73.8 Å². The summed E-state index contributed by atoms with van der Waals surface area (Å²) in [7, 11) is 0. The van der Waals surface area contributed by atoms with Gasteiger partial charge in [0.25, 0.3) is 12.9 Å². The minimum atomic E-state index is -4.69. The number of hydrogen-bond donors (Lipinski definition) is 0. The highest BCUT2D eigenvalue weighted by atomic mass is 19.4. The van der Waals surface area contributed by atoms with Gasteiger partial charge in [0.2, 0.25) is 0 Å². The van der Waals surface area contributed by atoms with E-state index in [1.54, 1.807) is 12.1 Å². The molecule has 5 rings (SSSR count). The average molecular weight is 1030 g/mol. The summed E-state index contributed by atoms with van der Waals surface area (Å²) in [5, 5.41) is 0. The summed E-state index contributed by atoms with van der Waals surface area (Å²) in [6.45, 7) is 16.7. The van der Waals surface area contributed by atoms with Crippen LogP contribution in [0.3, 0.4) is 0 Å². The SMILES string of the molecule is CC(C)c1ccc(OC(F)(F)F)cn1.CC(C)c1ccc(OCC(F)F)cn1.CC(C)c1ncc(OC(F)(F)F)cn1.CC(C)c1ncc(OCC(F)(F)F)cn1.CC(C)c1ncc(OCC(F)F)cn1. The van der Waals surface area contributed by atoms with Crippen molar-refractivity contribution in [3.8, 4) is 28.7 Å². The van der Waals surface area contributed by atoms with Gasteiger partial charge in [-0.2, -0.15) is 13.2 Å². The van der Waals surface area contributed by atoms with Crippen LogP contribution in [0.2, 0.25) is 0 Å². The molecule has 0 atom stereocenters. The van der Waals surface area contributed by atoms with E-state index in [2.05, 4.69) is 54.1 Å². The highest BCUT2D eigenvalue weighted by Gasteiger charge is 2.32. The summed E-state index contributed by atoms with van der Waals surface area (Å²) in [4.78, 5) is 31.1. The predicted octanol–water partition coefficient (Wildman–Crippen LogP) is 13.2. The number of hydrogen-bond acceptors (Lipinski definition) is 13. The maximum Gasteiger partial charge on any atom is 0.573 e. The van der Waals surface area contributed by atoms with Crippen molar-refractivity contribution >= 4 is 0 Å². The number of halogens is 13. The molecule has 71 heavy (non-hydrogen) atoms. The zero-order valence-corrected chi connectivity index (χ0v) is 40.1. The van der Waals surface area contributed by atoms with Gasteiger partial charge in [-0.15, -0.1) is 26.3 Å².